The molecule has 0 fully saturated rings. The molecular formula is C25H21BrN2O2. The average molecular weight is 461 g/mol. The first-order chi connectivity index (χ1) is 14.6. The van der Waals surface area contributed by atoms with Gasteiger partial charge in [-0.05, 0) is 45.3 Å². The second kappa shape index (κ2) is 10.9. The molecule has 0 bridgehead atoms. The Labute approximate surface area is 184 Å². The van der Waals surface area contributed by atoms with Crippen molar-refractivity contribution in [2.45, 2.75) is 6.54 Å². The molecule has 0 aromatic heterocycles. The van der Waals surface area contributed by atoms with Gasteiger partial charge < -0.3 is 10.6 Å². The van der Waals surface area contributed by atoms with E-state index in [9.17, 15) is 9.59 Å². The molecule has 3 aromatic carbocycles. The van der Waals surface area contributed by atoms with E-state index < -0.39 is 0 Å². The normalized spacial score (nSPS) is 11.3. The van der Waals surface area contributed by atoms with Gasteiger partial charge in [0.15, 0.2) is 0 Å². The van der Waals surface area contributed by atoms with Crippen LogP contribution in [0.4, 0.5) is 0 Å². The minimum Gasteiger partial charge on any atom is -0.347 e. The summed E-state index contributed by atoms with van der Waals surface area (Å²) >= 11 is 3.37. The number of carbonyl (C=O) groups excluding carboxylic acids is 2. The maximum absolute atomic E-state index is 12.8. The van der Waals surface area contributed by atoms with E-state index >= 15 is 0 Å². The Morgan fingerprint density at radius 3 is 2.17 bits per heavy atom. The van der Waals surface area contributed by atoms with Gasteiger partial charge >= 0.3 is 0 Å². The van der Waals surface area contributed by atoms with Crippen molar-refractivity contribution in [3.05, 3.63) is 124 Å². The van der Waals surface area contributed by atoms with Gasteiger partial charge in [-0.3, -0.25) is 9.59 Å². The van der Waals surface area contributed by atoms with Gasteiger partial charge in [-0.15, -0.1) is 0 Å². The number of hydrogen-bond acceptors (Lipinski definition) is 2. The fourth-order valence-corrected chi connectivity index (χ4v) is 3.17. The average Bonchev–Trinajstić information content (AvgIpc) is 2.78. The predicted octanol–water partition coefficient (Wildman–Crippen LogP) is 5.09. The highest BCUT2D eigenvalue weighted by atomic mass is 79.9. The molecular weight excluding hydrogens is 440 g/mol. The van der Waals surface area contributed by atoms with Gasteiger partial charge in [0.2, 0.25) is 0 Å². The number of amides is 2. The SMILES string of the molecule is O=C(NCc1ccccc1)/C(=C\C=C\c1ccccc1)NC(=O)c1ccccc1Br. The molecule has 3 rings (SSSR count). The third-order valence-electron chi connectivity index (χ3n) is 4.26. The minimum absolute atomic E-state index is 0.166. The Bertz CT molecular complexity index is 1060. The zero-order valence-electron chi connectivity index (χ0n) is 16.2. The van der Waals surface area contributed by atoms with Crippen molar-refractivity contribution in [2.24, 2.45) is 0 Å². The van der Waals surface area contributed by atoms with Crippen LogP contribution in [0.3, 0.4) is 0 Å². The molecule has 2 N–H and O–H groups in total. The number of carbonyl (C=O) groups is 2. The Kier molecular flexibility index (Phi) is 7.75. The number of allylic oxidation sites excluding steroid dienone is 2. The van der Waals surface area contributed by atoms with Crippen LogP contribution in [0.2, 0.25) is 0 Å². The van der Waals surface area contributed by atoms with Crippen LogP contribution in [0.15, 0.2) is 107 Å². The number of halogens is 1. The maximum atomic E-state index is 12.8. The lowest BCUT2D eigenvalue weighted by atomic mass is 10.2. The lowest BCUT2D eigenvalue weighted by molar-refractivity contribution is -0.118. The molecule has 30 heavy (non-hydrogen) atoms. The zero-order chi connectivity index (χ0) is 21.2. The van der Waals surface area contributed by atoms with E-state index in [4.69, 9.17) is 0 Å². The van der Waals surface area contributed by atoms with E-state index in [0.29, 0.717) is 16.6 Å². The first-order valence-electron chi connectivity index (χ1n) is 9.45. The Morgan fingerprint density at radius 1 is 0.833 bits per heavy atom. The van der Waals surface area contributed by atoms with Crippen LogP contribution in [0.25, 0.3) is 6.08 Å². The fraction of sp³-hybridized carbons (Fsp3) is 0.0400. The molecule has 0 saturated carbocycles. The van der Waals surface area contributed by atoms with Crippen molar-refractivity contribution in [3.63, 3.8) is 0 Å². The van der Waals surface area contributed by atoms with E-state index in [1.54, 1.807) is 30.4 Å². The number of benzene rings is 3. The first kappa shape index (κ1) is 21.3. The summed E-state index contributed by atoms with van der Waals surface area (Å²) in [6.07, 6.45) is 5.21. The van der Waals surface area contributed by atoms with Gasteiger partial charge in [-0.1, -0.05) is 84.9 Å². The molecule has 150 valence electrons. The summed E-state index contributed by atoms with van der Waals surface area (Å²) in [5.41, 5.74) is 2.59. The molecule has 0 aliphatic heterocycles. The van der Waals surface area contributed by atoms with Crippen LogP contribution in [-0.4, -0.2) is 11.8 Å². The van der Waals surface area contributed by atoms with Gasteiger partial charge in [-0.2, -0.15) is 0 Å². The van der Waals surface area contributed by atoms with E-state index in [1.807, 2.05) is 72.8 Å². The van der Waals surface area contributed by atoms with E-state index in [1.165, 1.54) is 0 Å². The summed E-state index contributed by atoms with van der Waals surface area (Å²) < 4.78 is 0.659. The maximum Gasteiger partial charge on any atom is 0.268 e. The van der Waals surface area contributed by atoms with Crippen molar-refractivity contribution >= 4 is 33.8 Å². The molecule has 0 aliphatic carbocycles. The molecule has 0 atom stereocenters. The highest BCUT2D eigenvalue weighted by Crippen LogP contribution is 2.16. The predicted molar refractivity (Wildman–Crippen MR) is 123 cm³/mol. The van der Waals surface area contributed by atoms with Gasteiger partial charge in [0.1, 0.15) is 5.70 Å². The molecule has 0 saturated heterocycles. The van der Waals surface area contributed by atoms with Gasteiger partial charge in [0, 0.05) is 11.0 Å². The molecule has 2 amide bonds. The summed E-state index contributed by atoms with van der Waals surface area (Å²) in [6.45, 7) is 0.365. The van der Waals surface area contributed by atoms with Crippen molar-refractivity contribution in [1.82, 2.24) is 10.6 Å². The summed E-state index contributed by atoms with van der Waals surface area (Å²) in [6, 6.07) is 26.4. The van der Waals surface area contributed by atoms with Crippen LogP contribution in [-0.2, 0) is 11.3 Å². The largest absolute Gasteiger partial charge is 0.347 e. The quantitative estimate of drug-likeness (QED) is 0.380. The zero-order valence-corrected chi connectivity index (χ0v) is 17.8. The topological polar surface area (TPSA) is 58.2 Å². The van der Waals surface area contributed by atoms with Crippen LogP contribution < -0.4 is 10.6 Å². The minimum atomic E-state index is -0.364. The molecule has 0 aliphatic rings. The van der Waals surface area contributed by atoms with Crippen molar-refractivity contribution in [3.8, 4) is 0 Å². The standard InChI is InChI=1S/C25H21BrN2O2/c26-22-16-8-7-15-21(22)24(29)28-23(17-9-14-19-10-3-1-4-11-19)25(30)27-18-20-12-5-2-6-13-20/h1-17H,18H2,(H,27,30)(H,28,29)/b14-9+,23-17+. The lowest BCUT2D eigenvalue weighted by Crippen LogP contribution is -2.34. The number of nitrogens with one attached hydrogen (secondary N) is 2. The summed E-state index contributed by atoms with van der Waals surface area (Å²) in [4.78, 5) is 25.5. The molecule has 0 radical (unpaired) electrons. The smallest absolute Gasteiger partial charge is 0.268 e. The Balaban J connectivity index is 1.77. The van der Waals surface area contributed by atoms with Crippen LogP contribution in [0.5, 0.6) is 0 Å². The first-order valence-corrected chi connectivity index (χ1v) is 10.2. The van der Waals surface area contributed by atoms with Crippen LogP contribution in [0.1, 0.15) is 21.5 Å². The molecule has 0 unspecified atom stereocenters. The number of rotatable bonds is 7. The Hall–Kier alpha value is -3.44. The fourth-order valence-electron chi connectivity index (χ4n) is 2.70. The van der Waals surface area contributed by atoms with E-state index in [-0.39, 0.29) is 17.5 Å². The third-order valence-corrected chi connectivity index (χ3v) is 4.95. The van der Waals surface area contributed by atoms with E-state index in [0.717, 1.165) is 11.1 Å². The summed E-state index contributed by atoms with van der Waals surface area (Å²) in [7, 11) is 0. The summed E-state index contributed by atoms with van der Waals surface area (Å²) in [5, 5.41) is 5.58. The van der Waals surface area contributed by atoms with E-state index in [2.05, 4.69) is 26.6 Å². The molecule has 0 heterocycles. The molecule has 3 aromatic rings. The van der Waals surface area contributed by atoms with Crippen LogP contribution in [0, 0.1) is 0 Å². The molecule has 4 nitrogen and oxygen atoms in total. The second-order valence-corrected chi connectivity index (χ2v) is 7.31. The Morgan fingerprint density at radius 2 is 1.47 bits per heavy atom. The molecule has 0 spiro atoms. The summed E-state index contributed by atoms with van der Waals surface area (Å²) in [5.74, 6) is -0.728. The second-order valence-electron chi connectivity index (χ2n) is 6.45. The lowest BCUT2D eigenvalue weighted by Gasteiger charge is -2.11. The molecule has 5 heteroatoms. The highest BCUT2D eigenvalue weighted by Gasteiger charge is 2.15. The van der Waals surface area contributed by atoms with Crippen molar-refractivity contribution in [2.75, 3.05) is 0 Å². The van der Waals surface area contributed by atoms with Crippen molar-refractivity contribution in [1.29, 1.82) is 0 Å². The van der Waals surface area contributed by atoms with Crippen molar-refractivity contribution < 1.29 is 9.59 Å². The van der Waals surface area contributed by atoms with Crippen LogP contribution >= 0.6 is 15.9 Å². The highest BCUT2D eigenvalue weighted by molar-refractivity contribution is 9.10. The monoisotopic (exact) mass is 460 g/mol. The number of hydrogen-bond donors (Lipinski definition) is 2. The third kappa shape index (κ3) is 6.29. The van der Waals surface area contributed by atoms with Gasteiger partial charge in [0.25, 0.3) is 11.8 Å². The van der Waals surface area contributed by atoms with Gasteiger partial charge in [-0.25, -0.2) is 0 Å². The van der Waals surface area contributed by atoms with Gasteiger partial charge in [0.05, 0.1) is 5.56 Å².